The van der Waals surface area contributed by atoms with Crippen molar-refractivity contribution in [3.05, 3.63) is 41.0 Å². The minimum Gasteiger partial charge on any atom is -0.352 e. The molecule has 0 aliphatic heterocycles. The number of Topliss-reactive ketones (excluding diaryl/α,β-unsaturated/α-hetero) is 1. The number of amides is 1. The molecule has 1 N–H and O–H groups in total. The normalized spacial score (nSPS) is 13.9. The summed E-state index contributed by atoms with van der Waals surface area (Å²) < 4.78 is 0. The molecule has 3 heteroatoms. The van der Waals surface area contributed by atoms with E-state index in [4.69, 9.17) is 0 Å². The first-order valence-corrected chi connectivity index (χ1v) is 7.32. The van der Waals surface area contributed by atoms with Crippen molar-refractivity contribution in [1.82, 2.24) is 5.32 Å². The van der Waals surface area contributed by atoms with Gasteiger partial charge in [-0.3, -0.25) is 9.59 Å². The van der Waals surface area contributed by atoms with Gasteiger partial charge >= 0.3 is 0 Å². The van der Waals surface area contributed by atoms with Crippen LogP contribution >= 0.6 is 0 Å². The van der Waals surface area contributed by atoms with Crippen LogP contribution in [0.15, 0.2) is 29.8 Å². The predicted octanol–water partition coefficient (Wildman–Crippen LogP) is 3.21. The van der Waals surface area contributed by atoms with Crippen molar-refractivity contribution in [1.29, 1.82) is 0 Å². The Kier molecular flexibility index (Phi) is 4.38. The van der Waals surface area contributed by atoms with Gasteiger partial charge in [0.15, 0.2) is 5.78 Å². The maximum absolute atomic E-state index is 12.5. The molecule has 0 saturated carbocycles. The number of nitrogens with one attached hydrogen (secondary N) is 1. The van der Waals surface area contributed by atoms with E-state index in [1.165, 1.54) is 0 Å². The summed E-state index contributed by atoms with van der Waals surface area (Å²) in [5.41, 5.74) is 2.88. The molecular formula is C17H21NO2. The Morgan fingerprint density at radius 3 is 2.25 bits per heavy atom. The van der Waals surface area contributed by atoms with Gasteiger partial charge in [0.05, 0.1) is 5.57 Å². The molecule has 0 radical (unpaired) electrons. The molecule has 1 aromatic rings. The van der Waals surface area contributed by atoms with Crippen molar-refractivity contribution in [2.75, 3.05) is 6.54 Å². The highest BCUT2D eigenvalue weighted by atomic mass is 16.2. The number of ketones is 1. The molecule has 0 aromatic heterocycles. The first-order chi connectivity index (χ1) is 9.65. The lowest BCUT2D eigenvalue weighted by atomic mass is 9.88. The van der Waals surface area contributed by atoms with Crippen molar-refractivity contribution in [2.24, 2.45) is 5.92 Å². The Bertz CT molecular complexity index is 568. The van der Waals surface area contributed by atoms with E-state index in [9.17, 15) is 9.59 Å². The van der Waals surface area contributed by atoms with Crippen LogP contribution in [-0.2, 0) is 4.79 Å². The average Bonchev–Trinajstić information content (AvgIpc) is 2.75. The van der Waals surface area contributed by atoms with Gasteiger partial charge in [0.25, 0.3) is 5.91 Å². The minimum absolute atomic E-state index is 0.131. The molecule has 0 saturated heterocycles. The van der Waals surface area contributed by atoms with Gasteiger partial charge in [-0.1, -0.05) is 38.1 Å². The average molecular weight is 271 g/mol. The van der Waals surface area contributed by atoms with Gasteiger partial charge in [0.2, 0.25) is 0 Å². The Hall–Kier alpha value is -1.90. The number of hydrogen-bond donors (Lipinski definition) is 1. The van der Waals surface area contributed by atoms with Gasteiger partial charge in [0, 0.05) is 12.1 Å². The Morgan fingerprint density at radius 1 is 1.10 bits per heavy atom. The summed E-state index contributed by atoms with van der Waals surface area (Å²) in [7, 11) is 0. The molecule has 20 heavy (non-hydrogen) atoms. The van der Waals surface area contributed by atoms with E-state index in [1.54, 1.807) is 0 Å². The third-order valence-corrected chi connectivity index (χ3v) is 3.92. The van der Waals surface area contributed by atoms with Gasteiger partial charge in [0.1, 0.15) is 0 Å². The molecule has 1 aliphatic carbocycles. The predicted molar refractivity (Wildman–Crippen MR) is 80.4 cm³/mol. The number of carbonyl (C=O) groups excluding carboxylic acids is 2. The van der Waals surface area contributed by atoms with E-state index >= 15 is 0 Å². The van der Waals surface area contributed by atoms with Gasteiger partial charge in [-0.05, 0) is 36.8 Å². The monoisotopic (exact) mass is 271 g/mol. The fraction of sp³-hybridized carbons (Fsp3) is 0.412. The SMILES string of the molecule is CCNC(=O)C1=C(C(CC)CC)c2ccccc2C1=O. The lowest BCUT2D eigenvalue weighted by Gasteiger charge is -2.17. The molecule has 3 nitrogen and oxygen atoms in total. The van der Waals surface area contributed by atoms with E-state index in [0.29, 0.717) is 17.7 Å². The van der Waals surface area contributed by atoms with Crippen molar-refractivity contribution in [3.8, 4) is 0 Å². The van der Waals surface area contributed by atoms with E-state index in [0.717, 1.165) is 24.0 Å². The van der Waals surface area contributed by atoms with E-state index < -0.39 is 0 Å². The van der Waals surface area contributed by atoms with Crippen LogP contribution in [0.1, 0.15) is 49.5 Å². The summed E-state index contributed by atoms with van der Waals surface area (Å²) >= 11 is 0. The molecule has 1 amide bonds. The van der Waals surface area contributed by atoms with Crippen LogP contribution < -0.4 is 5.32 Å². The van der Waals surface area contributed by atoms with E-state index in [-0.39, 0.29) is 17.6 Å². The Labute approximate surface area is 120 Å². The lowest BCUT2D eigenvalue weighted by Crippen LogP contribution is -2.28. The molecule has 0 fully saturated rings. The fourth-order valence-corrected chi connectivity index (χ4v) is 2.90. The number of benzene rings is 1. The van der Waals surface area contributed by atoms with Crippen LogP contribution in [0, 0.1) is 5.92 Å². The van der Waals surface area contributed by atoms with Crippen LogP contribution in [0.3, 0.4) is 0 Å². The largest absolute Gasteiger partial charge is 0.352 e. The standard InChI is InChI=1S/C17H21NO2/c1-4-11(5-2)14-12-9-7-8-10-13(12)16(19)15(14)17(20)18-6-3/h7-11H,4-6H2,1-3H3,(H,18,20). The van der Waals surface area contributed by atoms with E-state index in [2.05, 4.69) is 19.2 Å². The summed E-state index contributed by atoms with van der Waals surface area (Å²) in [4.78, 5) is 24.8. The highest BCUT2D eigenvalue weighted by molar-refractivity contribution is 6.34. The number of rotatable bonds is 5. The lowest BCUT2D eigenvalue weighted by molar-refractivity contribution is -0.117. The zero-order chi connectivity index (χ0) is 14.7. The Morgan fingerprint density at radius 2 is 1.70 bits per heavy atom. The number of hydrogen-bond acceptors (Lipinski definition) is 2. The smallest absolute Gasteiger partial charge is 0.255 e. The number of fused-ring (bicyclic) bond motifs is 1. The van der Waals surface area contributed by atoms with E-state index in [1.807, 2.05) is 31.2 Å². The van der Waals surface area contributed by atoms with Crippen LogP contribution in [0.2, 0.25) is 0 Å². The number of carbonyl (C=O) groups is 2. The summed E-state index contributed by atoms with van der Waals surface area (Å²) in [6.45, 7) is 6.59. The summed E-state index contributed by atoms with van der Waals surface area (Å²) in [5.74, 6) is -0.121. The van der Waals surface area contributed by atoms with Crippen molar-refractivity contribution in [3.63, 3.8) is 0 Å². The first kappa shape index (κ1) is 14.5. The highest BCUT2D eigenvalue weighted by Crippen LogP contribution is 2.40. The van der Waals surface area contributed by atoms with Crippen LogP contribution in [-0.4, -0.2) is 18.2 Å². The third-order valence-electron chi connectivity index (χ3n) is 3.92. The highest BCUT2D eigenvalue weighted by Gasteiger charge is 2.35. The van der Waals surface area contributed by atoms with Gasteiger partial charge in [-0.25, -0.2) is 0 Å². The molecule has 0 atom stereocenters. The quantitative estimate of drug-likeness (QED) is 0.836. The topological polar surface area (TPSA) is 46.2 Å². The zero-order valence-electron chi connectivity index (χ0n) is 12.3. The maximum atomic E-state index is 12.5. The Balaban J connectivity index is 2.60. The fourth-order valence-electron chi connectivity index (χ4n) is 2.90. The van der Waals surface area contributed by atoms with Gasteiger partial charge < -0.3 is 5.32 Å². The molecule has 0 unspecified atom stereocenters. The van der Waals surface area contributed by atoms with Crippen LogP contribution in [0.5, 0.6) is 0 Å². The number of allylic oxidation sites excluding steroid dienone is 1. The van der Waals surface area contributed by atoms with Crippen molar-refractivity contribution < 1.29 is 9.59 Å². The molecule has 1 aromatic carbocycles. The van der Waals surface area contributed by atoms with Crippen molar-refractivity contribution >= 4 is 17.3 Å². The molecule has 2 rings (SSSR count). The molecule has 0 bridgehead atoms. The molecular weight excluding hydrogens is 250 g/mol. The zero-order valence-corrected chi connectivity index (χ0v) is 12.3. The molecule has 1 aliphatic rings. The first-order valence-electron chi connectivity index (χ1n) is 7.32. The second-order valence-electron chi connectivity index (χ2n) is 5.04. The molecule has 0 heterocycles. The third kappa shape index (κ3) is 2.28. The van der Waals surface area contributed by atoms with Gasteiger partial charge in [-0.15, -0.1) is 0 Å². The summed E-state index contributed by atoms with van der Waals surface area (Å²) in [6.07, 6.45) is 1.85. The number of likely N-dealkylation sites (N-methyl/N-ethyl adjacent to an activating group) is 1. The van der Waals surface area contributed by atoms with Crippen molar-refractivity contribution in [2.45, 2.75) is 33.6 Å². The second kappa shape index (κ2) is 6.04. The summed E-state index contributed by atoms with van der Waals surface area (Å²) in [5, 5.41) is 2.77. The minimum atomic E-state index is -0.240. The van der Waals surface area contributed by atoms with Crippen LogP contribution in [0.4, 0.5) is 0 Å². The van der Waals surface area contributed by atoms with Crippen LogP contribution in [0.25, 0.3) is 5.57 Å². The maximum Gasteiger partial charge on any atom is 0.255 e. The molecule has 106 valence electrons. The second-order valence-corrected chi connectivity index (χ2v) is 5.04. The summed E-state index contributed by atoms with van der Waals surface area (Å²) in [6, 6.07) is 7.54. The molecule has 0 spiro atoms. The van der Waals surface area contributed by atoms with Gasteiger partial charge in [-0.2, -0.15) is 0 Å².